The lowest BCUT2D eigenvalue weighted by molar-refractivity contribution is 0.522. The minimum atomic E-state index is 0.621. The predicted molar refractivity (Wildman–Crippen MR) is 62.2 cm³/mol. The summed E-state index contributed by atoms with van der Waals surface area (Å²) in [4.78, 5) is 6.14. The highest BCUT2D eigenvalue weighted by Gasteiger charge is 1.99. The zero-order chi connectivity index (χ0) is 9.68. The lowest BCUT2D eigenvalue weighted by Gasteiger charge is -2.15. The van der Waals surface area contributed by atoms with Gasteiger partial charge in [-0.2, -0.15) is 0 Å². The molecule has 0 unspecified atom stereocenters. The van der Waals surface area contributed by atoms with E-state index in [0.29, 0.717) is 4.32 Å². The monoisotopic (exact) mass is 212 g/mol. The van der Waals surface area contributed by atoms with Gasteiger partial charge >= 0.3 is 0 Å². The minimum Gasteiger partial charge on any atom is -0.360 e. The first-order valence-electron chi connectivity index (χ1n) is 4.04. The lowest BCUT2D eigenvalue weighted by atomic mass is 10.3. The van der Waals surface area contributed by atoms with Gasteiger partial charge in [-0.1, -0.05) is 18.3 Å². The topological polar surface area (TPSA) is 16.1 Å². The molecule has 0 amide bonds. The second kappa shape index (κ2) is 5.19. The molecule has 1 heterocycles. The van der Waals surface area contributed by atoms with Crippen molar-refractivity contribution in [3.63, 3.8) is 0 Å². The number of hydrogen-bond donors (Lipinski definition) is 1. The second-order valence-electron chi connectivity index (χ2n) is 2.78. The molecule has 13 heavy (non-hydrogen) atoms. The molecule has 4 heteroatoms. The van der Waals surface area contributed by atoms with Crippen LogP contribution in [0.15, 0.2) is 24.4 Å². The van der Waals surface area contributed by atoms with Gasteiger partial charge in [0.2, 0.25) is 0 Å². The van der Waals surface area contributed by atoms with Crippen molar-refractivity contribution in [3.8, 4) is 0 Å². The molecule has 0 saturated carbocycles. The Morgan fingerprint density at radius 3 is 2.92 bits per heavy atom. The van der Waals surface area contributed by atoms with E-state index in [-0.39, 0.29) is 0 Å². The minimum absolute atomic E-state index is 0.621. The van der Waals surface area contributed by atoms with Gasteiger partial charge in [-0.25, -0.2) is 0 Å². The molecule has 0 aliphatic rings. The van der Waals surface area contributed by atoms with Crippen molar-refractivity contribution in [1.82, 2.24) is 9.88 Å². The quantitative estimate of drug-likeness (QED) is 0.607. The Bertz CT molecular complexity index is 274. The van der Waals surface area contributed by atoms with Crippen LogP contribution in [0.1, 0.15) is 5.69 Å². The van der Waals surface area contributed by atoms with Crippen LogP contribution in [0.4, 0.5) is 0 Å². The summed E-state index contributed by atoms with van der Waals surface area (Å²) in [5, 5.41) is 0. The summed E-state index contributed by atoms with van der Waals surface area (Å²) in [6, 6.07) is 5.91. The molecule has 2 nitrogen and oxygen atoms in total. The van der Waals surface area contributed by atoms with Gasteiger partial charge in [0.25, 0.3) is 0 Å². The van der Waals surface area contributed by atoms with Crippen molar-refractivity contribution >= 4 is 29.2 Å². The van der Waals surface area contributed by atoms with Gasteiger partial charge in [0.15, 0.2) is 0 Å². The highest BCUT2D eigenvalue weighted by Crippen LogP contribution is 1.98. The molecule has 0 bridgehead atoms. The molecular formula is C9H12N2S2. The van der Waals surface area contributed by atoms with Crippen molar-refractivity contribution in [2.45, 2.75) is 6.42 Å². The first-order chi connectivity index (χ1) is 6.20. The molecule has 0 aromatic carbocycles. The van der Waals surface area contributed by atoms with E-state index < -0.39 is 0 Å². The van der Waals surface area contributed by atoms with Gasteiger partial charge < -0.3 is 4.90 Å². The zero-order valence-electron chi connectivity index (χ0n) is 7.47. The van der Waals surface area contributed by atoms with Gasteiger partial charge in [-0.15, -0.1) is 12.6 Å². The van der Waals surface area contributed by atoms with Crippen LogP contribution >= 0.6 is 24.8 Å². The van der Waals surface area contributed by atoms with Crippen LogP contribution in [0.25, 0.3) is 0 Å². The number of pyridine rings is 1. The molecule has 0 N–H and O–H groups in total. The molecule has 0 aliphatic heterocycles. The standard InChI is InChI=1S/C9H12N2S2/c1-11(9(12)13)7-5-8-4-2-3-6-10-8/h2-4,6H,5,7H2,1H3,(H,12,13). The number of nitrogens with zero attached hydrogens (tertiary/aromatic N) is 2. The van der Waals surface area contributed by atoms with Crippen LogP contribution in [0.3, 0.4) is 0 Å². The Kier molecular flexibility index (Phi) is 4.18. The molecule has 1 aromatic heterocycles. The summed E-state index contributed by atoms with van der Waals surface area (Å²) in [6.45, 7) is 0.860. The van der Waals surface area contributed by atoms with E-state index in [4.69, 9.17) is 12.2 Å². The van der Waals surface area contributed by atoms with Gasteiger partial charge in [-0.3, -0.25) is 4.98 Å². The van der Waals surface area contributed by atoms with Crippen molar-refractivity contribution in [2.75, 3.05) is 13.6 Å². The van der Waals surface area contributed by atoms with Crippen molar-refractivity contribution in [1.29, 1.82) is 0 Å². The maximum Gasteiger partial charge on any atom is 0.133 e. The number of thiocarbonyl (C=S) groups is 1. The first kappa shape index (κ1) is 10.5. The lowest BCUT2D eigenvalue weighted by Crippen LogP contribution is -2.23. The average molecular weight is 212 g/mol. The van der Waals surface area contributed by atoms with E-state index in [9.17, 15) is 0 Å². The molecule has 0 fully saturated rings. The van der Waals surface area contributed by atoms with Gasteiger partial charge in [0, 0.05) is 31.9 Å². The molecule has 70 valence electrons. The smallest absolute Gasteiger partial charge is 0.133 e. The Balaban J connectivity index is 2.39. The molecular weight excluding hydrogens is 200 g/mol. The molecule has 0 aliphatic carbocycles. The molecule has 1 rings (SSSR count). The molecule has 0 radical (unpaired) electrons. The van der Waals surface area contributed by atoms with Crippen molar-refractivity contribution in [2.24, 2.45) is 0 Å². The summed E-state index contributed by atoms with van der Waals surface area (Å²) in [6.07, 6.45) is 2.70. The predicted octanol–water partition coefficient (Wildman–Crippen LogP) is 1.77. The summed E-state index contributed by atoms with van der Waals surface area (Å²) in [7, 11) is 1.93. The van der Waals surface area contributed by atoms with Crippen LogP contribution in [-0.4, -0.2) is 27.8 Å². The van der Waals surface area contributed by atoms with Crippen LogP contribution in [0, 0.1) is 0 Å². The number of likely N-dealkylation sites (N-methyl/N-ethyl adjacent to an activating group) is 1. The van der Waals surface area contributed by atoms with Crippen LogP contribution in [0.5, 0.6) is 0 Å². The van der Waals surface area contributed by atoms with Gasteiger partial charge in [-0.05, 0) is 12.1 Å². The van der Waals surface area contributed by atoms with Crippen molar-refractivity contribution in [3.05, 3.63) is 30.1 Å². The maximum absolute atomic E-state index is 4.90. The third-order valence-corrected chi connectivity index (χ3v) is 2.41. The normalized spacial score (nSPS) is 9.69. The summed E-state index contributed by atoms with van der Waals surface area (Å²) in [5.74, 6) is 0. The Labute approximate surface area is 89.4 Å². The van der Waals surface area contributed by atoms with E-state index >= 15 is 0 Å². The highest BCUT2D eigenvalue weighted by atomic mass is 32.1. The van der Waals surface area contributed by atoms with E-state index in [1.807, 2.05) is 30.1 Å². The van der Waals surface area contributed by atoms with Crippen molar-refractivity contribution < 1.29 is 0 Å². The first-order valence-corrected chi connectivity index (χ1v) is 4.89. The molecule has 0 spiro atoms. The number of hydrogen-bond acceptors (Lipinski definition) is 2. The van der Waals surface area contributed by atoms with Crippen LogP contribution in [0.2, 0.25) is 0 Å². The van der Waals surface area contributed by atoms with Gasteiger partial charge in [0.1, 0.15) is 4.32 Å². The molecule has 1 aromatic rings. The number of aromatic nitrogens is 1. The largest absolute Gasteiger partial charge is 0.360 e. The van der Waals surface area contributed by atoms with E-state index in [2.05, 4.69) is 17.6 Å². The fraction of sp³-hybridized carbons (Fsp3) is 0.333. The SMILES string of the molecule is CN(CCc1ccccn1)C(=S)S. The second-order valence-corrected chi connectivity index (χ2v) is 3.89. The summed E-state index contributed by atoms with van der Waals surface area (Å²) >= 11 is 8.98. The van der Waals surface area contributed by atoms with E-state index in [1.54, 1.807) is 6.20 Å². The molecule has 0 atom stereocenters. The third kappa shape index (κ3) is 3.74. The Hall–Kier alpha value is -0.610. The fourth-order valence-corrected chi connectivity index (χ4v) is 1.12. The zero-order valence-corrected chi connectivity index (χ0v) is 9.18. The third-order valence-electron chi connectivity index (χ3n) is 1.76. The van der Waals surface area contributed by atoms with Crippen LogP contribution < -0.4 is 0 Å². The summed E-state index contributed by atoms with van der Waals surface area (Å²) in [5.41, 5.74) is 1.08. The number of thiol groups is 1. The average Bonchev–Trinajstić information content (AvgIpc) is 2.15. The highest BCUT2D eigenvalue weighted by molar-refractivity contribution is 8.10. The number of rotatable bonds is 3. The van der Waals surface area contributed by atoms with E-state index in [1.165, 1.54) is 0 Å². The van der Waals surface area contributed by atoms with E-state index in [0.717, 1.165) is 18.7 Å². The van der Waals surface area contributed by atoms with Crippen LogP contribution in [-0.2, 0) is 6.42 Å². The fourth-order valence-electron chi connectivity index (χ4n) is 0.924. The Morgan fingerprint density at radius 1 is 1.62 bits per heavy atom. The Morgan fingerprint density at radius 2 is 2.38 bits per heavy atom. The summed E-state index contributed by atoms with van der Waals surface area (Å²) < 4.78 is 0.621. The molecule has 0 saturated heterocycles. The maximum atomic E-state index is 4.90. The van der Waals surface area contributed by atoms with Gasteiger partial charge in [0.05, 0.1) is 0 Å².